The van der Waals surface area contributed by atoms with Crippen LogP contribution in [0.4, 0.5) is 10.1 Å². The van der Waals surface area contributed by atoms with Crippen LogP contribution in [0, 0.1) is 37.9 Å². The van der Waals surface area contributed by atoms with Gasteiger partial charge in [0.05, 0.1) is 39.8 Å². The van der Waals surface area contributed by atoms with E-state index < -0.39 is 39.8 Å². The molecule has 7 aromatic rings. The zero-order valence-electron chi connectivity index (χ0n) is 33.7. The van der Waals surface area contributed by atoms with E-state index >= 15 is 4.39 Å². The molecule has 2 atom stereocenters. The third kappa shape index (κ3) is 7.47. The first kappa shape index (κ1) is 40.8. The lowest BCUT2D eigenvalue weighted by molar-refractivity contribution is -0.137. The molecule has 1 amide bonds. The van der Waals surface area contributed by atoms with Gasteiger partial charge in [0, 0.05) is 38.7 Å². The number of nitrogens with zero attached hydrogens (tertiary/aromatic N) is 5. The standard InChI is InChI=1S/C45H39FN8O5S2/c1-6-27-14-18-36(42-40(27)32(21-47)22-48-42)53-61(58,59)33-15-11-28(12-16-33)24(3)49-44(57)31-13-17-34(35(46)19-31)29-7-9-30(10-8-29)41-39-23(2)25(4)60-45(39)54-26(5)51-52-43(54)37(50-41)20-38(55)56/h7-19,22,24,37,48,53H,6,20H2,1-5H3,(H,49,57)(H,55,56)/t24-,37+/m1/s1. The molecule has 0 aliphatic carbocycles. The Labute approximate surface area is 354 Å². The molecule has 61 heavy (non-hydrogen) atoms. The van der Waals surface area contributed by atoms with Gasteiger partial charge in [-0.2, -0.15) is 5.26 Å². The Hall–Kier alpha value is -6.96. The molecule has 16 heteroatoms. The summed E-state index contributed by atoms with van der Waals surface area (Å²) < 4.78 is 47.1. The summed E-state index contributed by atoms with van der Waals surface area (Å²) in [5.74, 6) is -1.05. The van der Waals surface area contributed by atoms with Crippen LogP contribution in [0.25, 0.3) is 27.0 Å². The number of aryl methyl sites for hydroxylation is 3. The summed E-state index contributed by atoms with van der Waals surface area (Å²) >= 11 is 1.56. The Balaban J connectivity index is 0.975. The van der Waals surface area contributed by atoms with Gasteiger partial charge < -0.3 is 15.4 Å². The van der Waals surface area contributed by atoms with Crippen molar-refractivity contribution in [1.82, 2.24) is 25.1 Å². The van der Waals surface area contributed by atoms with Crippen molar-refractivity contribution in [3.63, 3.8) is 0 Å². The molecule has 8 rings (SSSR count). The number of amides is 1. The Morgan fingerprint density at radius 3 is 2.41 bits per heavy atom. The average Bonchev–Trinajstić information content (AvgIpc) is 3.91. The third-order valence-corrected chi connectivity index (χ3v) is 13.6. The number of carboxylic acids is 1. The van der Waals surface area contributed by atoms with Gasteiger partial charge in [-0.05, 0) is 86.7 Å². The van der Waals surface area contributed by atoms with Gasteiger partial charge in [0.25, 0.3) is 15.9 Å². The summed E-state index contributed by atoms with van der Waals surface area (Å²) in [6.07, 6.45) is 1.96. The first-order valence-electron chi connectivity index (χ1n) is 19.4. The number of aliphatic carboxylic acids is 1. The van der Waals surface area contributed by atoms with E-state index in [-0.39, 0.29) is 22.4 Å². The highest BCUT2D eigenvalue weighted by Gasteiger charge is 2.32. The predicted molar refractivity (Wildman–Crippen MR) is 231 cm³/mol. The van der Waals surface area contributed by atoms with Gasteiger partial charge in [-0.1, -0.05) is 55.5 Å². The summed E-state index contributed by atoms with van der Waals surface area (Å²) in [5.41, 5.74) is 6.98. The molecular formula is C45H39FN8O5S2. The van der Waals surface area contributed by atoms with Crippen molar-refractivity contribution < 1.29 is 27.5 Å². The zero-order chi connectivity index (χ0) is 43.3. The smallest absolute Gasteiger partial charge is 0.306 e. The second kappa shape index (κ2) is 15.9. The number of sulfonamides is 1. The van der Waals surface area contributed by atoms with E-state index in [1.165, 1.54) is 24.3 Å². The van der Waals surface area contributed by atoms with Crippen LogP contribution >= 0.6 is 11.3 Å². The van der Waals surface area contributed by atoms with Gasteiger partial charge in [-0.15, -0.1) is 21.5 Å². The molecule has 0 unspecified atom stereocenters. The van der Waals surface area contributed by atoms with Crippen LogP contribution in [0.1, 0.15) is 92.6 Å². The number of aromatic nitrogens is 4. The maximum Gasteiger partial charge on any atom is 0.306 e. The van der Waals surface area contributed by atoms with E-state index in [2.05, 4.69) is 31.3 Å². The predicted octanol–water partition coefficient (Wildman–Crippen LogP) is 8.63. The van der Waals surface area contributed by atoms with Crippen LogP contribution < -0.4 is 10.0 Å². The Morgan fingerprint density at radius 2 is 1.74 bits per heavy atom. The minimum atomic E-state index is -4.01. The molecule has 0 saturated heterocycles. The number of carbonyl (C=O) groups is 2. The average molecular weight is 855 g/mol. The number of benzene rings is 4. The molecule has 1 aliphatic rings. The molecule has 3 aromatic heterocycles. The first-order chi connectivity index (χ1) is 29.2. The van der Waals surface area contributed by atoms with Gasteiger partial charge in [-0.3, -0.25) is 23.9 Å². The number of nitrogens with one attached hydrogen (secondary N) is 3. The van der Waals surface area contributed by atoms with Crippen molar-refractivity contribution in [1.29, 1.82) is 5.26 Å². The van der Waals surface area contributed by atoms with Crippen molar-refractivity contribution in [3.8, 4) is 22.2 Å². The van der Waals surface area contributed by atoms with Crippen LogP contribution in [0.3, 0.4) is 0 Å². The number of halogens is 1. The number of thiophene rings is 1. The highest BCUT2D eigenvalue weighted by Crippen LogP contribution is 2.40. The van der Waals surface area contributed by atoms with Crippen molar-refractivity contribution >= 4 is 55.5 Å². The second-order valence-electron chi connectivity index (χ2n) is 14.8. The molecule has 0 fully saturated rings. The SMILES string of the molecule is CCc1ccc(NS(=O)(=O)c2ccc([C@@H](C)NC(=O)c3ccc(-c4ccc(C5=N[C@@H](CC(=O)O)c6nnc(C)n6-c6sc(C)c(C)c65)cc4)c(F)c3)cc2)c2[nH]cc(C#N)c12. The van der Waals surface area contributed by atoms with E-state index in [0.29, 0.717) is 57.1 Å². The third-order valence-electron chi connectivity index (χ3n) is 11.0. The van der Waals surface area contributed by atoms with Crippen molar-refractivity contribution in [3.05, 3.63) is 146 Å². The molecule has 0 bridgehead atoms. The number of rotatable bonds is 11. The lowest BCUT2D eigenvalue weighted by Crippen LogP contribution is -2.26. The van der Waals surface area contributed by atoms with Crippen molar-refractivity contribution in [2.75, 3.05) is 4.72 Å². The maximum absolute atomic E-state index is 15.7. The molecule has 0 spiro atoms. The number of nitriles is 1. The van der Waals surface area contributed by atoms with Gasteiger partial charge in [0.15, 0.2) is 5.82 Å². The summed E-state index contributed by atoms with van der Waals surface area (Å²) in [6, 6.07) is 21.8. The van der Waals surface area contributed by atoms with E-state index in [9.17, 15) is 28.4 Å². The van der Waals surface area contributed by atoms with E-state index in [1.54, 1.807) is 66.9 Å². The van der Waals surface area contributed by atoms with Crippen LogP contribution in [0.5, 0.6) is 0 Å². The van der Waals surface area contributed by atoms with Crippen molar-refractivity contribution in [2.24, 2.45) is 4.99 Å². The monoisotopic (exact) mass is 854 g/mol. The lowest BCUT2D eigenvalue weighted by atomic mass is 9.96. The molecule has 308 valence electrons. The highest BCUT2D eigenvalue weighted by atomic mass is 32.2. The molecule has 4 aromatic carbocycles. The quantitative estimate of drug-likeness (QED) is 0.0992. The summed E-state index contributed by atoms with van der Waals surface area (Å²) in [7, 11) is -4.01. The van der Waals surface area contributed by atoms with Crippen LogP contribution in [-0.2, 0) is 21.2 Å². The fourth-order valence-electron chi connectivity index (χ4n) is 7.68. The number of carbonyl (C=O) groups excluding carboxylic acids is 1. The number of aromatic amines is 1. The minimum Gasteiger partial charge on any atom is -0.481 e. The van der Waals surface area contributed by atoms with E-state index in [4.69, 9.17) is 4.99 Å². The number of fused-ring (bicyclic) bond motifs is 4. The fraction of sp³-hybridized carbons (Fsp3) is 0.200. The first-order valence-corrected chi connectivity index (χ1v) is 21.7. The number of hydrogen-bond acceptors (Lipinski definition) is 9. The number of H-pyrrole nitrogens is 1. The largest absolute Gasteiger partial charge is 0.481 e. The Morgan fingerprint density at radius 1 is 1.02 bits per heavy atom. The second-order valence-corrected chi connectivity index (χ2v) is 17.7. The van der Waals surface area contributed by atoms with Gasteiger partial charge >= 0.3 is 5.97 Å². The van der Waals surface area contributed by atoms with E-state index in [0.717, 1.165) is 32.1 Å². The Bertz CT molecular complexity index is 3090. The summed E-state index contributed by atoms with van der Waals surface area (Å²) in [5, 5.41) is 32.3. The number of anilines is 1. The Kier molecular flexibility index (Phi) is 10.6. The highest BCUT2D eigenvalue weighted by molar-refractivity contribution is 7.92. The van der Waals surface area contributed by atoms with Crippen LogP contribution in [0.15, 0.2) is 94.9 Å². The minimum absolute atomic E-state index is 0.00612. The van der Waals surface area contributed by atoms with Crippen LogP contribution in [-0.4, -0.2) is 50.9 Å². The molecule has 0 saturated carbocycles. The summed E-state index contributed by atoms with van der Waals surface area (Å²) in [4.78, 5) is 34.3. The molecule has 1 aliphatic heterocycles. The zero-order valence-corrected chi connectivity index (χ0v) is 35.3. The summed E-state index contributed by atoms with van der Waals surface area (Å²) in [6.45, 7) is 9.55. The fourth-order valence-corrected chi connectivity index (χ4v) is 9.96. The van der Waals surface area contributed by atoms with Gasteiger partial charge in [0.2, 0.25) is 0 Å². The molecular weight excluding hydrogens is 816 g/mol. The van der Waals surface area contributed by atoms with Gasteiger partial charge in [-0.25, -0.2) is 12.8 Å². The maximum atomic E-state index is 15.7. The van der Waals surface area contributed by atoms with Gasteiger partial charge in [0.1, 0.15) is 28.8 Å². The lowest BCUT2D eigenvalue weighted by Gasteiger charge is -2.16. The molecule has 4 N–H and O–H groups in total. The van der Waals surface area contributed by atoms with E-state index in [1.807, 2.05) is 44.4 Å². The number of aliphatic imine (C=N–C) groups is 1. The topological polar surface area (TPSA) is 195 Å². The van der Waals surface area contributed by atoms with Crippen LogP contribution in [0.2, 0.25) is 0 Å². The molecule has 13 nitrogen and oxygen atoms in total. The molecule has 0 radical (unpaired) electrons. The normalized spacial score (nSPS) is 14.0. The van der Waals surface area contributed by atoms with Crippen molar-refractivity contribution in [2.45, 2.75) is 64.4 Å². The number of hydrogen-bond donors (Lipinski definition) is 4. The number of carboxylic acid groups (broad SMARTS) is 1. The molecule has 4 heterocycles.